The molecule has 29 heavy (non-hydrogen) atoms. The summed E-state index contributed by atoms with van der Waals surface area (Å²) in [5, 5.41) is 2.84. The Labute approximate surface area is 171 Å². The van der Waals surface area contributed by atoms with Crippen molar-refractivity contribution in [3.8, 4) is 11.5 Å². The van der Waals surface area contributed by atoms with E-state index in [1.165, 1.54) is 23.6 Å². The molecule has 1 amide bonds. The molecule has 3 aromatic carbocycles. The molecule has 0 radical (unpaired) electrons. The molecular formula is C25H25NO3. The molecule has 4 heteroatoms. The van der Waals surface area contributed by atoms with Crippen LogP contribution in [0.2, 0.25) is 0 Å². The van der Waals surface area contributed by atoms with Gasteiger partial charge in [0.15, 0.2) is 0 Å². The van der Waals surface area contributed by atoms with Gasteiger partial charge in [0.25, 0.3) is 0 Å². The lowest BCUT2D eigenvalue weighted by Gasteiger charge is -2.35. The highest BCUT2D eigenvalue weighted by Crippen LogP contribution is 2.47. The van der Waals surface area contributed by atoms with E-state index in [0.717, 1.165) is 22.7 Å². The lowest BCUT2D eigenvalue weighted by Crippen LogP contribution is -2.25. The minimum Gasteiger partial charge on any atom is -0.497 e. The van der Waals surface area contributed by atoms with E-state index in [1.54, 1.807) is 7.11 Å². The smallest absolute Gasteiger partial charge is 0.221 e. The Bertz CT molecular complexity index is 1030. The molecule has 1 aliphatic rings. The first-order chi connectivity index (χ1) is 14.0. The Hall–Kier alpha value is -3.27. The number of benzene rings is 3. The summed E-state index contributed by atoms with van der Waals surface area (Å²) in [5.74, 6) is 1.93. The molecule has 4 rings (SSSR count). The number of rotatable bonds is 4. The summed E-state index contributed by atoms with van der Waals surface area (Å²) in [7, 11) is 1.67. The summed E-state index contributed by atoms with van der Waals surface area (Å²) >= 11 is 0. The van der Waals surface area contributed by atoms with Gasteiger partial charge in [-0.3, -0.25) is 4.79 Å². The quantitative estimate of drug-likeness (QED) is 0.663. The molecule has 2 atom stereocenters. The zero-order chi connectivity index (χ0) is 20.4. The number of amides is 1. The number of carbonyl (C=O) groups excluding carboxylic acids is 1. The molecule has 148 valence electrons. The fourth-order valence-electron chi connectivity index (χ4n) is 4.09. The monoisotopic (exact) mass is 387 g/mol. The van der Waals surface area contributed by atoms with Gasteiger partial charge in [0.1, 0.15) is 11.5 Å². The zero-order valence-electron chi connectivity index (χ0n) is 16.9. The Kier molecular flexibility index (Phi) is 5.26. The van der Waals surface area contributed by atoms with Crippen LogP contribution in [0.3, 0.4) is 0 Å². The van der Waals surface area contributed by atoms with Gasteiger partial charge in [-0.25, -0.2) is 0 Å². The lowest BCUT2D eigenvalue weighted by atomic mass is 9.75. The van der Waals surface area contributed by atoms with Gasteiger partial charge in [-0.05, 0) is 36.2 Å². The van der Waals surface area contributed by atoms with Crippen LogP contribution < -0.4 is 14.8 Å². The van der Waals surface area contributed by atoms with Crippen LogP contribution in [-0.2, 0) is 4.79 Å². The van der Waals surface area contributed by atoms with E-state index in [4.69, 9.17) is 9.47 Å². The van der Waals surface area contributed by atoms with Gasteiger partial charge in [-0.2, -0.15) is 0 Å². The van der Waals surface area contributed by atoms with E-state index >= 15 is 0 Å². The maximum atomic E-state index is 11.4. The first kappa shape index (κ1) is 19.1. The number of nitrogens with one attached hydrogen (secondary N) is 1. The molecule has 0 saturated carbocycles. The maximum absolute atomic E-state index is 11.4. The normalized spacial score (nSPS) is 17.8. The van der Waals surface area contributed by atoms with Crippen molar-refractivity contribution in [2.45, 2.75) is 25.7 Å². The Morgan fingerprint density at radius 2 is 1.83 bits per heavy atom. The van der Waals surface area contributed by atoms with Crippen LogP contribution in [0.15, 0.2) is 66.7 Å². The second kappa shape index (κ2) is 8.00. The van der Waals surface area contributed by atoms with Crippen LogP contribution in [0, 0.1) is 6.92 Å². The minimum absolute atomic E-state index is 0.0705. The second-order valence-electron chi connectivity index (χ2n) is 7.52. The van der Waals surface area contributed by atoms with Gasteiger partial charge in [0, 0.05) is 36.1 Å². The molecule has 1 heterocycles. The molecule has 2 unspecified atom stereocenters. The van der Waals surface area contributed by atoms with Crippen molar-refractivity contribution < 1.29 is 14.3 Å². The lowest BCUT2D eigenvalue weighted by molar-refractivity contribution is -0.114. The van der Waals surface area contributed by atoms with E-state index in [9.17, 15) is 4.79 Å². The molecule has 1 aliphatic heterocycles. The van der Waals surface area contributed by atoms with Gasteiger partial charge < -0.3 is 14.8 Å². The van der Waals surface area contributed by atoms with Crippen molar-refractivity contribution >= 4 is 11.6 Å². The number of hydrogen-bond donors (Lipinski definition) is 1. The Morgan fingerprint density at radius 1 is 1.03 bits per heavy atom. The van der Waals surface area contributed by atoms with Gasteiger partial charge in [-0.1, -0.05) is 48.0 Å². The third-order valence-electron chi connectivity index (χ3n) is 5.44. The molecule has 0 aliphatic carbocycles. The molecule has 0 saturated heterocycles. The second-order valence-corrected chi connectivity index (χ2v) is 7.52. The topological polar surface area (TPSA) is 47.6 Å². The standard InChI is InChI=1S/C25H25NO3/c1-16-5-4-6-19(13-16)23-15-29-24-14-21(28-3)11-12-22(24)25(23)18-7-9-20(10-8-18)26-17(2)27/h4-14,23,25H,15H2,1-3H3,(H,26,27). The maximum Gasteiger partial charge on any atom is 0.221 e. The first-order valence-corrected chi connectivity index (χ1v) is 9.80. The number of carbonyl (C=O) groups is 1. The summed E-state index contributed by atoms with van der Waals surface area (Å²) in [5.41, 5.74) is 5.65. The number of methoxy groups -OCH3 is 1. The Morgan fingerprint density at radius 3 is 2.52 bits per heavy atom. The Balaban J connectivity index is 1.79. The summed E-state index contributed by atoms with van der Waals surface area (Å²) in [6.07, 6.45) is 0. The first-order valence-electron chi connectivity index (χ1n) is 9.80. The highest BCUT2D eigenvalue weighted by atomic mass is 16.5. The average Bonchev–Trinajstić information content (AvgIpc) is 2.72. The van der Waals surface area contributed by atoms with Crippen molar-refractivity contribution in [1.82, 2.24) is 0 Å². The van der Waals surface area contributed by atoms with Crippen LogP contribution in [0.5, 0.6) is 11.5 Å². The average molecular weight is 387 g/mol. The summed E-state index contributed by atoms with van der Waals surface area (Å²) in [6, 6.07) is 22.8. The summed E-state index contributed by atoms with van der Waals surface area (Å²) in [6.45, 7) is 4.23. The fourth-order valence-corrected chi connectivity index (χ4v) is 4.09. The number of anilines is 1. The molecule has 1 N–H and O–H groups in total. The zero-order valence-corrected chi connectivity index (χ0v) is 16.9. The van der Waals surface area contributed by atoms with Crippen molar-refractivity contribution in [3.05, 3.63) is 89.0 Å². The van der Waals surface area contributed by atoms with Gasteiger partial charge in [0.05, 0.1) is 13.7 Å². The molecule has 0 aromatic heterocycles. The minimum atomic E-state index is -0.0705. The molecule has 0 bridgehead atoms. The molecule has 4 nitrogen and oxygen atoms in total. The predicted molar refractivity (Wildman–Crippen MR) is 115 cm³/mol. The summed E-state index contributed by atoms with van der Waals surface area (Å²) in [4.78, 5) is 11.4. The van der Waals surface area contributed by atoms with Gasteiger partial charge in [-0.15, -0.1) is 0 Å². The van der Waals surface area contributed by atoms with E-state index in [2.05, 4.69) is 54.7 Å². The van der Waals surface area contributed by atoms with Crippen LogP contribution in [-0.4, -0.2) is 19.6 Å². The molecule has 0 spiro atoms. The number of fused-ring (bicyclic) bond motifs is 1. The SMILES string of the molecule is COc1ccc2c(c1)OCC(c1cccc(C)c1)C2c1ccc(NC(C)=O)cc1. The molecule has 3 aromatic rings. The summed E-state index contributed by atoms with van der Waals surface area (Å²) < 4.78 is 11.5. The van der Waals surface area contributed by atoms with Crippen molar-refractivity contribution in [1.29, 1.82) is 0 Å². The van der Waals surface area contributed by atoms with Crippen molar-refractivity contribution in [2.24, 2.45) is 0 Å². The van der Waals surface area contributed by atoms with E-state index in [1.807, 2.05) is 24.3 Å². The van der Waals surface area contributed by atoms with Crippen LogP contribution in [0.25, 0.3) is 0 Å². The largest absolute Gasteiger partial charge is 0.497 e. The van der Waals surface area contributed by atoms with Gasteiger partial charge in [0.2, 0.25) is 5.91 Å². The number of aryl methyl sites for hydroxylation is 1. The van der Waals surface area contributed by atoms with Crippen LogP contribution in [0.1, 0.15) is 41.0 Å². The van der Waals surface area contributed by atoms with E-state index in [-0.39, 0.29) is 17.7 Å². The number of hydrogen-bond acceptors (Lipinski definition) is 3. The van der Waals surface area contributed by atoms with Crippen LogP contribution in [0.4, 0.5) is 5.69 Å². The molecule has 0 fully saturated rings. The van der Waals surface area contributed by atoms with Crippen molar-refractivity contribution in [3.63, 3.8) is 0 Å². The highest BCUT2D eigenvalue weighted by molar-refractivity contribution is 5.88. The van der Waals surface area contributed by atoms with E-state index in [0.29, 0.717) is 6.61 Å². The van der Waals surface area contributed by atoms with Crippen LogP contribution >= 0.6 is 0 Å². The third kappa shape index (κ3) is 3.97. The van der Waals surface area contributed by atoms with Gasteiger partial charge >= 0.3 is 0 Å². The predicted octanol–water partition coefficient (Wildman–Crippen LogP) is 5.27. The number of ether oxygens (including phenoxy) is 2. The van der Waals surface area contributed by atoms with E-state index < -0.39 is 0 Å². The fraction of sp³-hybridized carbons (Fsp3) is 0.240. The van der Waals surface area contributed by atoms with Crippen molar-refractivity contribution in [2.75, 3.05) is 19.0 Å². The third-order valence-corrected chi connectivity index (χ3v) is 5.44. The highest BCUT2D eigenvalue weighted by Gasteiger charge is 2.33. The molecular weight excluding hydrogens is 362 g/mol.